The van der Waals surface area contributed by atoms with Gasteiger partial charge in [-0.05, 0) is 32.4 Å². The smallest absolute Gasteiger partial charge is 0.316 e. The molecular formula is C15H17N3O2. The average molecular weight is 271 g/mol. The van der Waals surface area contributed by atoms with Gasteiger partial charge in [-0.1, -0.05) is 17.7 Å². The van der Waals surface area contributed by atoms with E-state index in [4.69, 9.17) is 4.74 Å². The molecule has 0 aliphatic heterocycles. The molecule has 1 N–H and O–H groups in total. The van der Waals surface area contributed by atoms with Gasteiger partial charge in [0.1, 0.15) is 0 Å². The van der Waals surface area contributed by atoms with Gasteiger partial charge in [0.25, 0.3) is 5.91 Å². The summed E-state index contributed by atoms with van der Waals surface area (Å²) >= 11 is 0. The zero-order chi connectivity index (χ0) is 14.7. The van der Waals surface area contributed by atoms with Gasteiger partial charge in [0, 0.05) is 11.9 Å². The molecule has 20 heavy (non-hydrogen) atoms. The Morgan fingerprint density at radius 2 is 2.00 bits per heavy atom. The van der Waals surface area contributed by atoms with Gasteiger partial charge in [0.2, 0.25) is 0 Å². The van der Waals surface area contributed by atoms with Crippen molar-refractivity contribution in [3.63, 3.8) is 0 Å². The molecule has 0 spiro atoms. The lowest BCUT2D eigenvalue weighted by atomic mass is 10.1. The first-order valence-electron chi connectivity index (χ1n) is 6.27. The summed E-state index contributed by atoms with van der Waals surface area (Å²) in [6, 6.07) is 6.13. The zero-order valence-corrected chi connectivity index (χ0v) is 12.0. The first-order valence-corrected chi connectivity index (χ1v) is 6.27. The number of aryl methyl sites for hydroxylation is 3. The third kappa shape index (κ3) is 2.93. The van der Waals surface area contributed by atoms with E-state index in [1.165, 1.54) is 13.3 Å². The van der Waals surface area contributed by atoms with Crippen LogP contribution < -0.4 is 10.1 Å². The molecule has 1 heterocycles. The summed E-state index contributed by atoms with van der Waals surface area (Å²) in [5, 5.41) is 2.87. The van der Waals surface area contributed by atoms with Gasteiger partial charge in [-0.2, -0.15) is 4.98 Å². The second kappa shape index (κ2) is 5.69. The summed E-state index contributed by atoms with van der Waals surface area (Å²) in [5.41, 5.74) is 3.98. The number of amides is 1. The molecule has 2 rings (SSSR count). The van der Waals surface area contributed by atoms with Crippen LogP contribution in [0.25, 0.3) is 0 Å². The van der Waals surface area contributed by atoms with Crippen molar-refractivity contribution in [3.8, 4) is 6.01 Å². The number of benzene rings is 1. The van der Waals surface area contributed by atoms with Crippen LogP contribution in [-0.4, -0.2) is 23.0 Å². The van der Waals surface area contributed by atoms with E-state index in [2.05, 4.69) is 15.3 Å². The molecule has 0 saturated heterocycles. The van der Waals surface area contributed by atoms with Gasteiger partial charge in [-0.15, -0.1) is 0 Å². The number of carbonyl (C=O) groups is 1. The fourth-order valence-corrected chi connectivity index (χ4v) is 1.91. The Hall–Kier alpha value is -2.43. The standard InChI is InChI=1S/C15H17N3O2/c1-9-5-6-13(10(2)7-9)18-14(19)12-8-16-15(20-4)17-11(12)3/h5-8H,1-4H3,(H,18,19). The number of carbonyl (C=O) groups excluding carboxylic acids is 1. The maximum absolute atomic E-state index is 12.2. The van der Waals surface area contributed by atoms with Gasteiger partial charge in [0.05, 0.1) is 18.4 Å². The molecule has 0 radical (unpaired) electrons. The summed E-state index contributed by atoms with van der Waals surface area (Å²) in [6.07, 6.45) is 1.47. The van der Waals surface area contributed by atoms with Crippen LogP contribution in [0.2, 0.25) is 0 Å². The van der Waals surface area contributed by atoms with E-state index in [0.29, 0.717) is 11.3 Å². The minimum Gasteiger partial charge on any atom is -0.467 e. The molecule has 1 amide bonds. The first-order chi connectivity index (χ1) is 9.51. The molecule has 2 aromatic rings. The lowest BCUT2D eigenvalue weighted by Gasteiger charge is -2.10. The molecule has 104 valence electrons. The normalized spacial score (nSPS) is 10.2. The monoisotopic (exact) mass is 271 g/mol. The molecule has 0 saturated carbocycles. The van der Waals surface area contributed by atoms with E-state index in [1.807, 2.05) is 32.0 Å². The third-order valence-electron chi connectivity index (χ3n) is 3.01. The molecule has 0 atom stereocenters. The molecule has 0 bridgehead atoms. The minimum absolute atomic E-state index is 0.225. The second-order valence-corrected chi connectivity index (χ2v) is 4.63. The Labute approximate surface area is 118 Å². The summed E-state index contributed by atoms with van der Waals surface area (Å²) < 4.78 is 4.93. The van der Waals surface area contributed by atoms with Gasteiger partial charge < -0.3 is 10.1 Å². The zero-order valence-electron chi connectivity index (χ0n) is 12.0. The topological polar surface area (TPSA) is 64.1 Å². The van der Waals surface area contributed by atoms with Crippen molar-refractivity contribution in [1.29, 1.82) is 0 Å². The van der Waals surface area contributed by atoms with E-state index in [-0.39, 0.29) is 11.9 Å². The van der Waals surface area contributed by atoms with Crippen molar-refractivity contribution in [2.45, 2.75) is 20.8 Å². The predicted octanol–water partition coefficient (Wildman–Crippen LogP) is 2.66. The van der Waals surface area contributed by atoms with Crippen molar-refractivity contribution >= 4 is 11.6 Å². The van der Waals surface area contributed by atoms with E-state index in [1.54, 1.807) is 6.92 Å². The number of aromatic nitrogens is 2. The SMILES string of the molecule is COc1ncc(C(=O)Nc2ccc(C)cc2C)c(C)n1. The molecule has 5 nitrogen and oxygen atoms in total. The highest BCUT2D eigenvalue weighted by Gasteiger charge is 2.13. The Kier molecular flexibility index (Phi) is 3.98. The van der Waals surface area contributed by atoms with Crippen molar-refractivity contribution < 1.29 is 9.53 Å². The van der Waals surface area contributed by atoms with Crippen LogP contribution in [0.15, 0.2) is 24.4 Å². The van der Waals surface area contributed by atoms with Crippen molar-refractivity contribution in [1.82, 2.24) is 9.97 Å². The second-order valence-electron chi connectivity index (χ2n) is 4.63. The number of nitrogens with zero attached hydrogens (tertiary/aromatic N) is 2. The molecule has 0 aliphatic rings. The Morgan fingerprint density at radius 1 is 1.25 bits per heavy atom. The van der Waals surface area contributed by atoms with Crippen molar-refractivity contribution in [2.75, 3.05) is 12.4 Å². The van der Waals surface area contributed by atoms with E-state index in [0.717, 1.165) is 16.8 Å². The van der Waals surface area contributed by atoms with Crippen LogP contribution >= 0.6 is 0 Å². The summed E-state index contributed by atoms with van der Waals surface area (Å²) in [5.74, 6) is -0.225. The molecule has 1 aromatic heterocycles. The quantitative estimate of drug-likeness (QED) is 0.932. The minimum atomic E-state index is -0.225. The van der Waals surface area contributed by atoms with Crippen LogP contribution in [0.3, 0.4) is 0 Å². The number of rotatable bonds is 3. The van der Waals surface area contributed by atoms with Crippen LogP contribution in [0, 0.1) is 20.8 Å². The van der Waals surface area contributed by atoms with E-state index >= 15 is 0 Å². The Bertz CT molecular complexity index is 654. The van der Waals surface area contributed by atoms with E-state index < -0.39 is 0 Å². The fourth-order valence-electron chi connectivity index (χ4n) is 1.91. The molecule has 0 aliphatic carbocycles. The van der Waals surface area contributed by atoms with Gasteiger partial charge in [-0.3, -0.25) is 4.79 Å². The predicted molar refractivity (Wildman–Crippen MR) is 77.2 cm³/mol. The van der Waals surface area contributed by atoms with Gasteiger partial charge in [-0.25, -0.2) is 4.98 Å². The number of ether oxygens (including phenoxy) is 1. The molecule has 1 aromatic carbocycles. The molecular weight excluding hydrogens is 254 g/mol. The third-order valence-corrected chi connectivity index (χ3v) is 3.01. The maximum Gasteiger partial charge on any atom is 0.316 e. The molecule has 0 fully saturated rings. The summed E-state index contributed by atoms with van der Waals surface area (Å²) in [7, 11) is 1.49. The highest BCUT2D eigenvalue weighted by Crippen LogP contribution is 2.18. The number of hydrogen-bond acceptors (Lipinski definition) is 4. The lowest BCUT2D eigenvalue weighted by Crippen LogP contribution is -2.15. The number of nitrogens with one attached hydrogen (secondary N) is 1. The number of methoxy groups -OCH3 is 1. The van der Waals surface area contributed by atoms with Crippen LogP contribution in [-0.2, 0) is 0 Å². The van der Waals surface area contributed by atoms with Gasteiger partial charge >= 0.3 is 6.01 Å². The molecule has 0 unspecified atom stereocenters. The fraction of sp³-hybridized carbons (Fsp3) is 0.267. The Balaban J connectivity index is 2.24. The van der Waals surface area contributed by atoms with Crippen molar-refractivity contribution in [2.24, 2.45) is 0 Å². The van der Waals surface area contributed by atoms with Crippen LogP contribution in [0.4, 0.5) is 5.69 Å². The largest absolute Gasteiger partial charge is 0.467 e. The highest BCUT2D eigenvalue weighted by atomic mass is 16.5. The average Bonchev–Trinajstić information content (AvgIpc) is 2.41. The number of anilines is 1. The lowest BCUT2D eigenvalue weighted by molar-refractivity contribution is 0.102. The number of hydrogen-bond donors (Lipinski definition) is 1. The van der Waals surface area contributed by atoms with Crippen LogP contribution in [0.1, 0.15) is 27.2 Å². The summed E-state index contributed by atoms with van der Waals surface area (Å²) in [4.78, 5) is 20.3. The maximum atomic E-state index is 12.2. The van der Waals surface area contributed by atoms with E-state index in [9.17, 15) is 4.79 Å². The van der Waals surface area contributed by atoms with Crippen LogP contribution in [0.5, 0.6) is 6.01 Å². The van der Waals surface area contributed by atoms with Crippen molar-refractivity contribution in [3.05, 3.63) is 46.8 Å². The molecule has 5 heteroatoms. The highest BCUT2D eigenvalue weighted by molar-refractivity contribution is 6.05. The van der Waals surface area contributed by atoms with Gasteiger partial charge in [0.15, 0.2) is 0 Å². The first kappa shape index (κ1) is 14.0. The summed E-state index contributed by atoms with van der Waals surface area (Å²) in [6.45, 7) is 5.72. The Morgan fingerprint density at radius 3 is 2.60 bits per heavy atom.